The van der Waals surface area contributed by atoms with Gasteiger partial charge < -0.3 is 14.2 Å². The minimum atomic E-state index is -2.43. The van der Waals surface area contributed by atoms with Crippen molar-refractivity contribution in [2.75, 3.05) is 6.16 Å². The van der Waals surface area contributed by atoms with Crippen LogP contribution in [0.5, 0.6) is 0 Å². The van der Waals surface area contributed by atoms with E-state index in [2.05, 4.69) is 0 Å². The SMILES string of the molecule is CC1(C)OB(C=CC[PH](=O)O)OC1(C)C. The van der Waals surface area contributed by atoms with E-state index >= 15 is 0 Å². The fraction of sp³-hybridized carbons (Fsp3) is 0.778. The molecule has 1 rings (SSSR count). The van der Waals surface area contributed by atoms with Gasteiger partial charge in [-0.15, -0.1) is 0 Å². The van der Waals surface area contributed by atoms with Gasteiger partial charge in [0, 0.05) is 6.16 Å². The van der Waals surface area contributed by atoms with Crippen LogP contribution in [0.15, 0.2) is 12.1 Å². The van der Waals surface area contributed by atoms with Gasteiger partial charge in [-0.3, -0.25) is 4.57 Å². The smallest absolute Gasteiger partial charge is 0.400 e. The molecule has 0 aromatic heterocycles. The zero-order valence-electron chi connectivity index (χ0n) is 9.61. The highest BCUT2D eigenvalue weighted by molar-refractivity contribution is 7.38. The van der Waals surface area contributed by atoms with Crippen molar-refractivity contribution >= 4 is 15.1 Å². The van der Waals surface area contributed by atoms with Crippen LogP contribution < -0.4 is 0 Å². The molecule has 0 amide bonds. The molecule has 0 radical (unpaired) electrons. The monoisotopic (exact) mass is 232 g/mol. The average molecular weight is 232 g/mol. The highest BCUT2D eigenvalue weighted by Gasteiger charge is 2.49. The standard InChI is InChI=1S/C9H18BO4P/c1-8(2)9(3,4)14-10(13-8)6-5-7-15(11)12/h5-6,15H,7H2,1-4H3,(H,11,12). The van der Waals surface area contributed by atoms with Gasteiger partial charge in [-0.1, -0.05) is 12.1 Å². The molecule has 0 bridgehead atoms. The molecule has 4 nitrogen and oxygen atoms in total. The summed E-state index contributed by atoms with van der Waals surface area (Å²) in [6.07, 6.45) is 1.80. The molecule has 0 aromatic rings. The maximum Gasteiger partial charge on any atom is 0.486 e. The molecule has 1 heterocycles. The lowest BCUT2D eigenvalue weighted by Crippen LogP contribution is -2.41. The molecule has 0 aliphatic carbocycles. The van der Waals surface area contributed by atoms with E-state index in [1.54, 1.807) is 12.1 Å². The Kier molecular flexibility index (Phi) is 3.83. The third-order valence-corrected chi connectivity index (χ3v) is 3.44. The predicted molar refractivity (Wildman–Crippen MR) is 61.3 cm³/mol. The minimum Gasteiger partial charge on any atom is -0.400 e. The molecule has 1 fully saturated rings. The zero-order valence-corrected chi connectivity index (χ0v) is 10.6. The fourth-order valence-corrected chi connectivity index (χ4v) is 1.58. The Balaban J connectivity index is 2.56. The van der Waals surface area contributed by atoms with Crippen molar-refractivity contribution in [3.05, 3.63) is 12.1 Å². The van der Waals surface area contributed by atoms with E-state index in [-0.39, 0.29) is 17.4 Å². The largest absolute Gasteiger partial charge is 0.486 e. The predicted octanol–water partition coefficient (Wildman–Crippen LogP) is 1.64. The van der Waals surface area contributed by atoms with E-state index in [0.717, 1.165) is 0 Å². The second-order valence-corrected chi connectivity index (χ2v) is 5.85. The van der Waals surface area contributed by atoms with Crippen molar-refractivity contribution in [2.24, 2.45) is 0 Å². The molecule has 15 heavy (non-hydrogen) atoms. The van der Waals surface area contributed by atoms with Gasteiger partial charge in [0.05, 0.1) is 11.2 Å². The van der Waals surface area contributed by atoms with E-state index in [1.165, 1.54) is 0 Å². The van der Waals surface area contributed by atoms with Crippen molar-refractivity contribution in [1.29, 1.82) is 0 Å². The van der Waals surface area contributed by atoms with Crippen molar-refractivity contribution in [1.82, 2.24) is 0 Å². The zero-order chi connectivity index (χ0) is 11.7. The third kappa shape index (κ3) is 3.18. The highest BCUT2D eigenvalue weighted by Crippen LogP contribution is 2.36. The van der Waals surface area contributed by atoms with E-state index in [4.69, 9.17) is 14.2 Å². The van der Waals surface area contributed by atoms with Crippen LogP contribution in [-0.2, 0) is 13.9 Å². The first-order chi connectivity index (χ1) is 6.74. The molecular weight excluding hydrogens is 214 g/mol. The maximum atomic E-state index is 10.5. The Morgan fingerprint density at radius 1 is 1.27 bits per heavy atom. The maximum absolute atomic E-state index is 10.5. The number of allylic oxidation sites excluding steroid dienone is 1. The van der Waals surface area contributed by atoms with Gasteiger partial charge in [0.15, 0.2) is 8.03 Å². The summed E-state index contributed by atoms with van der Waals surface area (Å²) in [5.41, 5.74) is -0.709. The molecule has 86 valence electrons. The van der Waals surface area contributed by atoms with Gasteiger partial charge in [0.1, 0.15) is 0 Å². The first-order valence-electron chi connectivity index (χ1n) is 4.99. The second kappa shape index (κ2) is 4.42. The van der Waals surface area contributed by atoms with Crippen molar-refractivity contribution < 1.29 is 18.8 Å². The number of hydrogen-bond donors (Lipinski definition) is 1. The van der Waals surface area contributed by atoms with E-state index in [0.29, 0.717) is 0 Å². The first kappa shape index (κ1) is 13.0. The Bertz CT molecular complexity index is 272. The fourth-order valence-electron chi connectivity index (χ4n) is 1.25. The third-order valence-electron chi connectivity index (χ3n) is 2.86. The normalized spacial score (nSPS) is 26.1. The van der Waals surface area contributed by atoms with Crippen LogP contribution in [0.25, 0.3) is 0 Å². The highest BCUT2D eigenvalue weighted by atomic mass is 31.1. The van der Waals surface area contributed by atoms with Crippen LogP contribution in [0.3, 0.4) is 0 Å². The van der Waals surface area contributed by atoms with Crippen molar-refractivity contribution in [3.8, 4) is 0 Å². The van der Waals surface area contributed by atoms with E-state index < -0.39 is 15.1 Å². The van der Waals surface area contributed by atoms with Gasteiger partial charge in [-0.25, -0.2) is 0 Å². The second-order valence-electron chi connectivity index (χ2n) is 4.65. The van der Waals surface area contributed by atoms with Crippen LogP contribution in [0, 0.1) is 0 Å². The van der Waals surface area contributed by atoms with Gasteiger partial charge in [0.2, 0.25) is 0 Å². The molecule has 0 saturated carbocycles. The Hall–Kier alpha value is -0.0851. The summed E-state index contributed by atoms with van der Waals surface area (Å²) in [4.78, 5) is 8.65. The van der Waals surface area contributed by atoms with Gasteiger partial charge in [-0.2, -0.15) is 0 Å². The summed E-state index contributed by atoms with van der Waals surface area (Å²) in [7, 11) is -2.85. The Morgan fingerprint density at radius 3 is 2.13 bits per heavy atom. The Morgan fingerprint density at radius 2 is 1.73 bits per heavy atom. The van der Waals surface area contributed by atoms with Crippen LogP contribution >= 0.6 is 8.03 Å². The molecule has 1 aliphatic rings. The molecule has 0 aromatic carbocycles. The van der Waals surface area contributed by atoms with E-state index in [1.807, 2.05) is 27.7 Å². The van der Waals surface area contributed by atoms with Crippen LogP contribution in [0.4, 0.5) is 0 Å². The Labute approximate surface area is 91.7 Å². The van der Waals surface area contributed by atoms with Crippen LogP contribution in [0.1, 0.15) is 27.7 Å². The molecule has 1 saturated heterocycles. The first-order valence-corrected chi connectivity index (χ1v) is 6.55. The van der Waals surface area contributed by atoms with Crippen molar-refractivity contribution in [3.63, 3.8) is 0 Å². The molecule has 6 heteroatoms. The van der Waals surface area contributed by atoms with Crippen LogP contribution in [0.2, 0.25) is 0 Å². The topological polar surface area (TPSA) is 55.8 Å². The number of hydrogen-bond acceptors (Lipinski definition) is 3. The van der Waals surface area contributed by atoms with Gasteiger partial charge in [0.25, 0.3) is 0 Å². The summed E-state index contributed by atoms with van der Waals surface area (Å²) in [6.45, 7) is 7.87. The lowest BCUT2D eigenvalue weighted by Gasteiger charge is -2.32. The lowest BCUT2D eigenvalue weighted by atomic mass is 9.90. The quantitative estimate of drug-likeness (QED) is 0.593. The lowest BCUT2D eigenvalue weighted by molar-refractivity contribution is 0.00578. The molecule has 1 unspecified atom stereocenters. The van der Waals surface area contributed by atoms with E-state index in [9.17, 15) is 4.57 Å². The average Bonchev–Trinajstić information content (AvgIpc) is 2.19. The molecular formula is C9H18BO4P. The van der Waals surface area contributed by atoms with Gasteiger partial charge in [-0.05, 0) is 27.7 Å². The molecule has 1 N–H and O–H groups in total. The molecule has 0 spiro atoms. The summed E-state index contributed by atoms with van der Waals surface area (Å²) >= 11 is 0. The summed E-state index contributed by atoms with van der Waals surface area (Å²) in [5, 5.41) is 0. The van der Waals surface area contributed by atoms with Gasteiger partial charge >= 0.3 is 7.12 Å². The summed E-state index contributed by atoms with van der Waals surface area (Å²) in [6, 6.07) is 0. The van der Waals surface area contributed by atoms with Crippen LogP contribution in [-0.4, -0.2) is 29.4 Å². The van der Waals surface area contributed by atoms with Crippen molar-refractivity contribution in [2.45, 2.75) is 38.9 Å². The summed E-state index contributed by atoms with van der Waals surface area (Å²) in [5.74, 6) is 1.69. The number of rotatable bonds is 3. The molecule has 1 aliphatic heterocycles. The molecule has 1 atom stereocenters. The summed E-state index contributed by atoms with van der Waals surface area (Å²) < 4.78 is 21.8. The minimum absolute atomic E-state index is 0.175.